The van der Waals surface area contributed by atoms with E-state index in [1.165, 1.54) is 5.56 Å². The number of nitrogen functional groups attached to an aromatic ring is 1. The van der Waals surface area contributed by atoms with Gasteiger partial charge in [0, 0.05) is 24.1 Å². The van der Waals surface area contributed by atoms with E-state index in [2.05, 4.69) is 29.4 Å². The zero-order valence-electron chi connectivity index (χ0n) is 12.7. The van der Waals surface area contributed by atoms with Crippen molar-refractivity contribution in [1.82, 2.24) is 10.3 Å². The number of benzene rings is 1. The third-order valence-corrected chi connectivity index (χ3v) is 3.54. The van der Waals surface area contributed by atoms with Crippen molar-refractivity contribution in [1.29, 1.82) is 0 Å². The number of rotatable bonds is 7. The van der Waals surface area contributed by atoms with Gasteiger partial charge in [0.25, 0.3) is 0 Å². The highest BCUT2D eigenvalue weighted by atomic mass is 16.5. The molecule has 0 bridgehead atoms. The van der Waals surface area contributed by atoms with Crippen molar-refractivity contribution in [2.75, 3.05) is 19.4 Å². The molecule has 1 aromatic carbocycles. The van der Waals surface area contributed by atoms with E-state index < -0.39 is 0 Å². The minimum Gasteiger partial charge on any atom is -0.497 e. The van der Waals surface area contributed by atoms with Gasteiger partial charge in [-0.15, -0.1) is 0 Å². The molecule has 0 aliphatic heterocycles. The van der Waals surface area contributed by atoms with Crippen molar-refractivity contribution < 1.29 is 4.74 Å². The summed E-state index contributed by atoms with van der Waals surface area (Å²) in [4.78, 5) is 4.16. The topological polar surface area (TPSA) is 60.2 Å². The minimum absolute atomic E-state index is 0.342. The number of nitrogens with zero attached hydrogens (tertiary/aromatic N) is 1. The molecule has 0 aliphatic carbocycles. The van der Waals surface area contributed by atoms with Crippen LogP contribution in [0.2, 0.25) is 0 Å². The lowest BCUT2D eigenvalue weighted by Crippen LogP contribution is -2.33. The number of pyridine rings is 1. The Kier molecular flexibility index (Phi) is 5.58. The van der Waals surface area contributed by atoms with Gasteiger partial charge in [0.2, 0.25) is 0 Å². The van der Waals surface area contributed by atoms with Crippen molar-refractivity contribution in [3.63, 3.8) is 0 Å². The Balaban J connectivity index is 2.06. The van der Waals surface area contributed by atoms with E-state index in [0.29, 0.717) is 6.04 Å². The Morgan fingerprint density at radius 3 is 2.57 bits per heavy atom. The summed E-state index contributed by atoms with van der Waals surface area (Å²) < 4.78 is 5.19. The van der Waals surface area contributed by atoms with Gasteiger partial charge in [-0.3, -0.25) is 4.98 Å². The zero-order chi connectivity index (χ0) is 15.1. The number of nitrogens with one attached hydrogen (secondary N) is 1. The molecule has 0 saturated heterocycles. The van der Waals surface area contributed by atoms with Crippen LogP contribution in [0.15, 0.2) is 42.7 Å². The van der Waals surface area contributed by atoms with Crippen LogP contribution in [-0.2, 0) is 12.8 Å². The summed E-state index contributed by atoms with van der Waals surface area (Å²) >= 11 is 0. The number of methoxy groups -OCH3 is 1. The number of hydrogen-bond donors (Lipinski definition) is 2. The Hall–Kier alpha value is -2.07. The second kappa shape index (κ2) is 7.64. The number of likely N-dealkylation sites (N-methyl/N-ethyl adjacent to an activating group) is 1. The van der Waals surface area contributed by atoms with Gasteiger partial charge in [-0.1, -0.05) is 19.1 Å². The maximum atomic E-state index is 6.01. The van der Waals surface area contributed by atoms with Crippen molar-refractivity contribution in [2.45, 2.75) is 25.8 Å². The number of aromatic nitrogens is 1. The number of anilines is 1. The molecule has 2 aromatic rings. The molecule has 0 spiro atoms. The Morgan fingerprint density at radius 1 is 1.19 bits per heavy atom. The van der Waals surface area contributed by atoms with Gasteiger partial charge in [0.15, 0.2) is 0 Å². The van der Waals surface area contributed by atoms with Gasteiger partial charge < -0.3 is 15.8 Å². The van der Waals surface area contributed by atoms with Crippen LogP contribution in [-0.4, -0.2) is 24.7 Å². The first-order valence-electron chi connectivity index (χ1n) is 7.27. The highest BCUT2D eigenvalue weighted by Gasteiger charge is 2.11. The van der Waals surface area contributed by atoms with Crippen LogP contribution >= 0.6 is 0 Å². The fraction of sp³-hybridized carbons (Fsp3) is 0.353. The van der Waals surface area contributed by atoms with Crippen LogP contribution < -0.4 is 15.8 Å². The first-order chi connectivity index (χ1) is 10.2. The van der Waals surface area contributed by atoms with Gasteiger partial charge in [-0.2, -0.15) is 0 Å². The van der Waals surface area contributed by atoms with Crippen molar-refractivity contribution >= 4 is 5.69 Å². The molecular formula is C17H23N3O. The lowest BCUT2D eigenvalue weighted by Gasteiger charge is -2.19. The summed E-state index contributed by atoms with van der Waals surface area (Å²) in [6.45, 7) is 3.05. The molecule has 0 radical (unpaired) electrons. The molecule has 0 aliphatic rings. The molecule has 0 saturated carbocycles. The molecule has 0 amide bonds. The standard InChI is InChI=1S/C17H23N3O/c1-3-20-15(11-14-12-19-9-8-17(14)18)10-13-4-6-16(21-2)7-5-13/h4-9,12,15,20H,3,10-11H2,1-2H3,(H2,18,19). The third kappa shape index (κ3) is 4.46. The van der Waals surface area contributed by atoms with E-state index in [1.807, 2.05) is 24.4 Å². The molecule has 1 heterocycles. The summed E-state index contributed by atoms with van der Waals surface area (Å²) in [6.07, 6.45) is 5.41. The van der Waals surface area contributed by atoms with E-state index in [9.17, 15) is 0 Å². The van der Waals surface area contributed by atoms with E-state index in [0.717, 1.165) is 36.4 Å². The second-order valence-electron chi connectivity index (χ2n) is 5.09. The van der Waals surface area contributed by atoms with Crippen LogP contribution in [0.1, 0.15) is 18.1 Å². The van der Waals surface area contributed by atoms with Crippen molar-refractivity contribution in [3.8, 4) is 5.75 Å². The van der Waals surface area contributed by atoms with Gasteiger partial charge in [-0.25, -0.2) is 0 Å². The number of hydrogen-bond acceptors (Lipinski definition) is 4. The average molecular weight is 285 g/mol. The Bertz CT molecular complexity index is 554. The van der Waals surface area contributed by atoms with Gasteiger partial charge in [0.05, 0.1) is 7.11 Å². The second-order valence-corrected chi connectivity index (χ2v) is 5.09. The highest BCUT2D eigenvalue weighted by molar-refractivity contribution is 5.44. The van der Waals surface area contributed by atoms with Gasteiger partial charge >= 0.3 is 0 Å². The summed E-state index contributed by atoms with van der Waals surface area (Å²) in [5.41, 5.74) is 9.20. The van der Waals surface area contributed by atoms with Crippen LogP contribution in [0.25, 0.3) is 0 Å². The first kappa shape index (κ1) is 15.3. The molecule has 1 atom stereocenters. The molecule has 3 N–H and O–H groups in total. The average Bonchev–Trinajstić information content (AvgIpc) is 2.50. The number of nitrogens with two attached hydrogens (primary N) is 1. The van der Waals surface area contributed by atoms with Crippen LogP contribution in [0.3, 0.4) is 0 Å². The highest BCUT2D eigenvalue weighted by Crippen LogP contribution is 2.16. The summed E-state index contributed by atoms with van der Waals surface area (Å²) in [6, 6.07) is 10.4. The first-order valence-corrected chi connectivity index (χ1v) is 7.27. The number of ether oxygens (including phenoxy) is 1. The molecule has 1 aromatic heterocycles. The summed E-state index contributed by atoms with van der Waals surface area (Å²) in [5.74, 6) is 0.884. The maximum Gasteiger partial charge on any atom is 0.118 e. The van der Waals surface area contributed by atoms with Crippen molar-refractivity contribution in [2.24, 2.45) is 0 Å². The lowest BCUT2D eigenvalue weighted by molar-refractivity contribution is 0.414. The largest absolute Gasteiger partial charge is 0.497 e. The normalized spacial score (nSPS) is 12.1. The van der Waals surface area contributed by atoms with E-state index in [-0.39, 0.29) is 0 Å². The monoisotopic (exact) mass is 285 g/mol. The van der Waals surface area contributed by atoms with Gasteiger partial charge in [-0.05, 0) is 48.7 Å². The summed E-state index contributed by atoms with van der Waals surface area (Å²) in [5, 5.41) is 3.52. The maximum absolute atomic E-state index is 6.01. The van der Waals surface area contributed by atoms with Crippen LogP contribution in [0, 0.1) is 0 Å². The molecular weight excluding hydrogens is 262 g/mol. The molecule has 4 heteroatoms. The SMILES string of the molecule is CCNC(Cc1ccc(OC)cc1)Cc1cnccc1N. The van der Waals surface area contributed by atoms with Gasteiger partial charge in [0.1, 0.15) is 5.75 Å². The lowest BCUT2D eigenvalue weighted by atomic mass is 9.99. The summed E-state index contributed by atoms with van der Waals surface area (Å²) in [7, 11) is 1.68. The van der Waals surface area contributed by atoms with E-state index >= 15 is 0 Å². The predicted octanol–water partition coefficient (Wildman–Crippen LogP) is 2.44. The molecule has 0 fully saturated rings. The fourth-order valence-corrected chi connectivity index (χ4v) is 2.43. The minimum atomic E-state index is 0.342. The smallest absolute Gasteiger partial charge is 0.118 e. The molecule has 2 rings (SSSR count). The van der Waals surface area contributed by atoms with E-state index in [4.69, 9.17) is 10.5 Å². The Labute approximate surface area is 126 Å². The molecule has 21 heavy (non-hydrogen) atoms. The molecule has 4 nitrogen and oxygen atoms in total. The molecule has 112 valence electrons. The quantitative estimate of drug-likeness (QED) is 0.820. The van der Waals surface area contributed by atoms with E-state index in [1.54, 1.807) is 13.3 Å². The van der Waals surface area contributed by atoms with Crippen LogP contribution in [0.4, 0.5) is 5.69 Å². The van der Waals surface area contributed by atoms with Crippen molar-refractivity contribution in [3.05, 3.63) is 53.9 Å². The third-order valence-electron chi connectivity index (χ3n) is 3.54. The molecule has 1 unspecified atom stereocenters. The zero-order valence-corrected chi connectivity index (χ0v) is 12.7. The van der Waals surface area contributed by atoms with Crippen LogP contribution in [0.5, 0.6) is 5.75 Å². The predicted molar refractivity (Wildman–Crippen MR) is 86.5 cm³/mol. The fourth-order valence-electron chi connectivity index (χ4n) is 2.43. The Morgan fingerprint density at radius 2 is 1.95 bits per heavy atom.